The van der Waals surface area contributed by atoms with Crippen molar-refractivity contribution in [1.29, 1.82) is 0 Å². The fourth-order valence-corrected chi connectivity index (χ4v) is 11.1. The van der Waals surface area contributed by atoms with Gasteiger partial charge in [-0.2, -0.15) is 0 Å². The lowest BCUT2D eigenvalue weighted by atomic mass is 9.33. The number of rotatable bonds is 4. The van der Waals surface area contributed by atoms with Gasteiger partial charge in [0.15, 0.2) is 0 Å². The number of aliphatic hydroxyl groups is 1. The fraction of sp³-hybridized carbons (Fsp3) is 0.800. The second-order valence-electron chi connectivity index (χ2n) is 16.1. The molecule has 0 aromatic heterocycles. The van der Waals surface area contributed by atoms with E-state index in [1.165, 1.54) is 5.57 Å². The van der Waals surface area contributed by atoms with E-state index in [-0.39, 0.29) is 45.9 Å². The maximum absolute atomic E-state index is 13.4. The van der Waals surface area contributed by atoms with E-state index in [2.05, 4.69) is 40.7 Å². The molecular weight excluding hydrogens is 516 g/mol. The molecule has 4 saturated carbocycles. The Labute approximate surface area is 246 Å². The zero-order valence-electron chi connectivity index (χ0n) is 26.6. The Bertz CT molecular complexity index is 1210. The molecule has 6 heteroatoms. The number of ketones is 1. The van der Waals surface area contributed by atoms with E-state index in [0.29, 0.717) is 30.8 Å². The highest BCUT2D eigenvalue weighted by atomic mass is 16.5. The SMILES string of the molecule is C/C=C(/C)C(=O)OC1CC(C)(C)C[C@H]2C3=CC[C@@H]4[C@@]5(C)CCC(=O)[C@](C)(CO)[C@@H]5CC[C@@]4(C)[C@]3(C)CC[C@@]12C(=O)O. The first-order valence-corrected chi connectivity index (χ1v) is 15.9. The van der Waals surface area contributed by atoms with Crippen molar-refractivity contribution in [3.63, 3.8) is 0 Å². The quantitative estimate of drug-likeness (QED) is 0.217. The van der Waals surface area contributed by atoms with Gasteiger partial charge in [-0.05, 0) is 98.7 Å². The van der Waals surface area contributed by atoms with E-state index in [1.54, 1.807) is 19.9 Å². The summed E-state index contributed by atoms with van der Waals surface area (Å²) in [6.45, 7) is 17.0. The van der Waals surface area contributed by atoms with Crippen molar-refractivity contribution in [2.24, 2.45) is 50.2 Å². The number of fused-ring (bicyclic) bond motifs is 7. The van der Waals surface area contributed by atoms with Gasteiger partial charge >= 0.3 is 11.9 Å². The Kier molecular flexibility index (Phi) is 7.09. The van der Waals surface area contributed by atoms with Crippen LogP contribution in [0, 0.1) is 50.2 Å². The van der Waals surface area contributed by atoms with Crippen LogP contribution in [0.15, 0.2) is 23.3 Å². The molecule has 5 rings (SSSR count). The number of carbonyl (C=O) groups is 3. The number of hydrogen-bond donors (Lipinski definition) is 2. The lowest BCUT2D eigenvalue weighted by Crippen LogP contribution is -2.67. The van der Waals surface area contributed by atoms with Gasteiger partial charge in [-0.15, -0.1) is 0 Å². The molecule has 0 heterocycles. The first kappa shape index (κ1) is 30.5. The van der Waals surface area contributed by atoms with E-state index < -0.39 is 28.9 Å². The molecule has 1 unspecified atom stereocenters. The predicted molar refractivity (Wildman–Crippen MR) is 158 cm³/mol. The normalized spacial score (nSPS) is 47.2. The lowest BCUT2D eigenvalue weighted by Gasteiger charge is -2.70. The lowest BCUT2D eigenvalue weighted by molar-refractivity contribution is -0.208. The third kappa shape index (κ3) is 3.94. The maximum atomic E-state index is 13.4. The number of carbonyl (C=O) groups excluding carboxylic acids is 2. The van der Waals surface area contributed by atoms with E-state index in [0.717, 1.165) is 38.5 Å². The fourth-order valence-electron chi connectivity index (χ4n) is 11.1. The van der Waals surface area contributed by atoms with Crippen molar-refractivity contribution in [3.8, 4) is 0 Å². The minimum Gasteiger partial charge on any atom is -0.481 e. The molecule has 2 N–H and O–H groups in total. The van der Waals surface area contributed by atoms with Gasteiger partial charge in [0.05, 0.1) is 12.0 Å². The Morgan fingerprint density at radius 3 is 2.32 bits per heavy atom. The number of ether oxygens (including phenoxy) is 1. The zero-order chi connectivity index (χ0) is 30.4. The summed E-state index contributed by atoms with van der Waals surface area (Å²) in [5.41, 5.74) is -0.555. The third-order valence-corrected chi connectivity index (χ3v) is 13.9. The first-order valence-electron chi connectivity index (χ1n) is 15.9. The van der Waals surface area contributed by atoms with Crippen molar-refractivity contribution in [1.82, 2.24) is 0 Å². The van der Waals surface area contributed by atoms with Crippen LogP contribution in [0.3, 0.4) is 0 Å². The van der Waals surface area contributed by atoms with Gasteiger partial charge in [-0.3, -0.25) is 9.59 Å². The summed E-state index contributed by atoms with van der Waals surface area (Å²) >= 11 is 0. The highest BCUT2D eigenvalue weighted by Crippen LogP contribution is 2.75. The summed E-state index contributed by atoms with van der Waals surface area (Å²) in [5.74, 6) is -0.772. The van der Waals surface area contributed by atoms with Crippen LogP contribution in [0.1, 0.15) is 113 Å². The smallest absolute Gasteiger partial charge is 0.333 e. The number of allylic oxidation sites excluding steroid dienone is 3. The monoisotopic (exact) mass is 568 g/mol. The molecule has 6 nitrogen and oxygen atoms in total. The minimum absolute atomic E-state index is 0.0565. The molecule has 228 valence electrons. The molecule has 5 aliphatic rings. The first-order chi connectivity index (χ1) is 19.0. The van der Waals surface area contributed by atoms with Gasteiger partial charge in [-0.1, -0.05) is 59.3 Å². The average molecular weight is 569 g/mol. The zero-order valence-corrected chi connectivity index (χ0v) is 26.6. The Morgan fingerprint density at radius 2 is 1.71 bits per heavy atom. The van der Waals surface area contributed by atoms with Crippen molar-refractivity contribution >= 4 is 17.7 Å². The number of aliphatic hydroxyl groups excluding tert-OH is 1. The Balaban J connectivity index is 1.60. The van der Waals surface area contributed by atoms with Crippen molar-refractivity contribution in [2.75, 3.05) is 6.61 Å². The van der Waals surface area contributed by atoms with Gasteiger partial charge in [0.1, 0.15) is 17.3 Å². The standard InChI is InChI=1S/C35H52O6/c1-9-21(2)28(38)41-27-19-30(3,4)18-23-22-10-11-25-31(5)14-13-26(37)32(6,20-36)24(31)12-15-34(25,8)33(22,7)16-17-35(23,27)29(39)40/h9-10,23-25,27,36H,11-20H2,1-8H3,(H,39,40)/b21-9-/t23-,24+,25+,27?,31-,32+,33+,34+,35-/m0/s1. The van der Waals surface area contributed by atoms with E-state index in [9.17, 15) is 24.6 Å². The molecule has 0 radical (unpaired) electrons. The predicted octanol–water partition coefficient (Wildman–Crippen LogP) is 6.90. The molecule has 0 aromatic rings. The number of hydrogen-bond acceptors (Lipinski definition) is 5. The van der Waals surface area contributed by atoms with Crippen molar-refractivity contribution in [3.05, 3.63) is 23.3 Å². The molecule has 0 saturated heterocycles. The number of Topliss-reactive ketones (excluding diaryl/α,β-unsaturated/α-hetero) is 1. The van der Waals surface area contributed by atoms with E-state index in [1.807, 2.05) is 6.92 Å². The summed E-state index contributed by atoms with van der Waals surface area (Å²) in [6.07, 6.45) is 10.0. The van der Waals surface area contributed by atoms with Crippen LogP contribution in [0.5, 0.6) is 0 Å². The largest absolute Gasteiger partial charge is 0.481 e. The number of carboxylic acids is 1. The van der Waals surface area contributed by atoms with E-state index in [4.69, 9.17) is 4.74 Å². The maximum Gasteiger partial charge on any atom is 0.333 e. The molecular formula is C35H52O6. The Morgan fingerprint density at radius 1 is 1.02 bits per heavy atom. The van der Waals surface area contributed by atoms with Crippen LogP contribution >= 0.6 is 0 Å². The molecule has 0 aromatic carbocycles. The third-order valence-electron chi connectivity index (χ3n) is 13.9. The highest BCUT2D eigenvalue weighted by molar-refractivity contribution is 5.88. The van der Waals surface area contributed by atoms with Crippen LogP contribution in [0.2, 0.25) is 0 Å². The van der Waals surface area contributed by atoms with Crippen molar-refractivity contribution < 1.29 is 29.3 Å². The molecule has 9 atom stereocenters. The minimum atomic E-state index is -1.14. The molecule has 0 aliphatic heterocycles. The van der Waals surface area contributed by atoms with Crippen LogP contribution in [0.25, 0.3) is 0 Å². The molecule has 0 spiro atoms. The van der Waals surface area contributed by atoms with Crippen LogP contribution in [0.4, 0.5) is 0 Å². The van der Waals surface area contributed by atoms with Gasteiger partial charge in [0.25, 0.3) is 0 Å². The van der Waals surface area contributed by atoms with Gasteiger partial charge in [0, 0.05) is 17.9 Å². The van der Waals surface area contributed by atoms with Gasteiger partial charge in [-0.25, -0.2) is 4.79 Å². The molecule has 4 fully saturated rings. The van der Waals surface area contributed by atoms with Crippen molar-refractivity contribution in [2.45, 2.75) is 119 Å². The Hall–Kier alpha value is -1.95. The summed E-state index contributed by atoms with van der Waals surface area (Å²) in [7, 11) is 0. The molecule has 5 aliphatic carbocycles. The van der Waals surface area contributed by atoms with E-state index >= 15 is 0 Å². The average Bonchev–Trinajstić information content (AvgIpc) is 2.90. The molecule has 41 heavy (non-hydrogen) atoms. The number of esters is 1. The van der Waals surface area contributed by atoms with Crippen LogP contribution < -0.4 is 0 Å². The van der Waals surface area contributed by atoms with Gasteiger partial charge in [0.2, 0.25) is 0 Å². The number of aliphatic carboxylic acids is 1. The molecule has 0 amide bonds. The molecule has 0 bridgehead atoms. The summed E-state index contributed by atoms with van der Waals surface area (Å²) in [4.78, 5) is 39.5. The highest BCUT2D eigenvalue weighted by Gasteiger charge is 2.71. The topological polar surface area (TPSA) is 101 Å². The number of carboxylic acid groups (broad SMARTS) is 1. The second-order valence-corrected chi connectivity index (χ2v) is 16.1. The summed E-state index contributed by atoms with van der Waals surface area (Å²) < 4.78 is 6.12. The van der Waals surface area contributed by atoms with Crippen LogP contribution in [-0.2, 0) is 19.1 Å². The summed E-state index contributed by atoms with van der Waals surface area (Å²) in [5, 5.41) is 21.4. The van der Waals surface area contributed by atoms with Gasteiger partial charge < -0.3 is 14.9 Å². The van der Waals surface area contributed by atoms with Crippen LogP contribution in [-0.4, -0.2) is 40.6 Å². The summed E-state index contributed by atoms with van der Waals surface area (Å²) in [6, 6.07) is 0. The second kappa shape index (κ2) is 9.53.